The Kier molecular flexibility index (Phi) is 4.50. The van der Waals surface area contributed by atoms with Crippen LogP contribution in [0.3, 0.4) is 0 Å². The maximum atomic E-state index is 12.3. The second-order valence-corrected chi connectivity index (χ2v) is 5.83. The van der Waals surface area contributed by atoms with E-state index in [1.807, 2.05) is 13.0 Å². The first-order valence-electron chi connectivity index (χ1n) is 7.88. The van der Waals surface area contributed by atoms with E-state index in [1.165, 1.54) is 6.92 Å². The molecule has 126 valence electrons. The highest BCUT2D eigenvalue weighted by Gasteiger charge is 2.22. The van der Waals surface area contributed by atoms with E-state index < -0.39 is 0 Å². The maximum Gasteiger partial charge on any atom is 0.321 e. The molecule has 1 fully saturated rings. The molecule has 0 radical (unpaired) electrons. The Hall–Kier alpha value is -2.83. The van der Waals surface area contributed by atoms with Crippen LogP contribution in [-0.4, -0.2) is 48.0 Å². The number of aromatic nitrogens is 1. The molecule has 24 heavy (non-hydrogen) atoms. The van der Waals surface area contributed by atoms with Gasteiger partial charge in [-0.3, -0.25) is 4.79 Å². The fourth-order valence-electron chi connectivity index (χ4n) is 2.63. The van der Waals surface area contributed by atoms with Crippen LogP contribution in [0.25, 0.3) is 0 Å². The zero-order chi connectivity index (χ0) is 17.1. The monoisotopic (exact) mass is 328 g/mol. The van der Waals surface area contributed by atoms with E-state index in [2.05, 4.69) is 15.4 Å². The van der Waals surface area contributed by atoms with Crippen LogP contribution in [0.15, 0.2) is 34.9 Å². The number of nitrogens with one attached hydrogen (secondary N) is 1. The number of carbonyl (C=O) groups is 2. The first-order chi connectivity index (χ1) is 11.5. The normalized spacial score (nSPS) is 14.6. The van der Waals surface area contributed by atoms with Crippen molar-refractivity contribution < 1.29 is 14.1 Å². The molecule has 1 N–H and O–H groups in total. The van der Waals surface area contributed by atoms with Gasteiger partial charge in [0.1, 0.15) is 5.76 Å². The minimum Gasteiger partial charge on any atom is -0.360 e. The van der Waals surface area contributed by atoms with Crippen molar-refractivity contribution in [3.05, 3.63) is 41.7 Å². The highest BCUT2D eigenvalue weighted by molar-refractivity contribution is 5.95. The van der Waals surface area contributed by atoms with Crippen molar-refractivity contribution in [2.45, 2.75) is 13.8 Å². The van der Waals surface area contributed by atoms with Crippen LogP contribution in [0.2, 0.25) is 0 Å². The lowest BCUT2D eigenvalue weighted by atomic mass is 10.1. The van der Waals surface area contributed by atoms with Crippen molar-refractivity contribution in [3.63, 3.8) is 0 Å². The van der Waals surface area contributed by atoms with E-state index in [-0.39, 0.29) is 11.8 Å². The van der Waals surface area contributed by atoms with E-state index in [1.54, 1.807) is 29.2 Å². The second-order valence-electron chi connectivity index (χ2n) is 5.83. The molecule has 0 bridgehead atoms. The van der Waals surface area contributed by atoms with Crippen molar-refractivity contribution in [3.8, 4) is 0 Å². The summed E-state index contributed by atoms with van der Waals surface area (Å²) in [6.45, 7) is 6.03. The molecule has 7 heteroatoms. The molecule has 2 aromatic rings. The maximum absolute atomic E-state index is 12.3. The van der Waals surface area contributed by atoms with Crippen molar-refractivity contribution >= 4 is 23.3 Å². The molecule has 0 aliphatic carbocycles. The van der Waals surface area contributed by atoms with Gasteiger partial charge in [-0.05, 0) is 38.1 Å². The number of hydrogen-bond acceptors (Lipinski definition) is 5. The molecule has 1 aromatic heterocycles. The van der Waals surface area contributed by atoms with Gasteiger partial charge in [-0.1, -0.05) is 5.16 Å². The Bertz CT molecular complexity index is 731. The van der Waals surface area contributed by atoms with Crippen molar-refractivity contribution in [2.75, 3.05) is 36.4 Å². The Labute approximate surface area is 140 Å². The summed E-state index contributed by atoms with van der Waals surface area (Å²) in [7, 11) is 0. The SMILES string of the molecule is CC(=O)c1ccc(NC(=O)N2CCN(c3cc(C)on3)CC2)cc1. The summed E-state index contributed by atoms with van der Waals surface area (Å²) in [4.78, 5) is 27.5. The summed E-state index contributed by atoms with van der Waals surface area (Å²) in [5.74, 6) is 1.60. The van der Waals surface area contributed by atoms with Crippen LogP contribution in [0.4, 0.5) is 16.3 Å². The van der Waals surface area contributed by atoms with Crippen LogP contribution >= 0.6 is 0 Å². The molecule has 2 amide bonds. The quantitative estimate of drug-likeness (QED) is 0.876. The molecule has 7 nitrogen and oxygen atoms in total. The summed E-state index contributed by atoms with van der Waals surface area (Å²) in [5, 5.41) is 6.86. The van der Waals surface area contributed by atoms with Gasteiger partial charge in [-0.2, -0.15) is 0 Å². The molecular weight excluding hydrogens is 308 g/mol. The Morgan fingerprint density at radius 2 is 1.79 bits per heavy atom. The third kappa shape index (κ3) is 3.56. The van der Waals surface area contributed by atoms with Crippen molar-refractivity contribution in [1.29, 1.82) is 0 Å². The number of anilines is 2. The molecule has 2 heterocycles. The fourth-order valence-corrected chi connectivity index (χ4v) is 2.63. The largest absolute Gasteiger partial charge is 0.360 e. The standard InChI is InChI=1S/C17H20N4O3/c1-12-11-16(19-24-12)20-7-9-21(10-8-20)17(23)18-15-5-3-14(4-6-15)13(2)22/h3-6,11H,7-10H2,1-2H3,(H,18,23). The van der Waals surface area contributed by atoms with E-state index in [4.69, 9.17) is 4.52 Å². The molecule has 1 saturated heterocycles. The lowest BCUT2D eigenvalue weighted by Crippen LogP contribution is -2.50. The number of Topliss-reactive ketones (excluding diaryl/α,β-unsaturated/α-hetero) is 1. The summed E-state index contributed by atoms with van der Waals surface area (Å²) >= 11 is 0. The third-order valence-corrected chi connectivity index (χ3v) is 4.05. The Morgan fingerprint density at radius 1 is 1.12 bits per heavy atom. The number of ketones is 1. The molecule has 1 aliphatic rings. The zero-order valence-electron chi connectivity index (χ0n) is 13.8. The van der Waals surface area contributed by atoms with E-state index in [9.17, 15) is 9.59 Å². The highest BCUT2D eigenvalue weighted by Crippen LogP contribution is 2.17. The minimum absolute atomic E-state index is 0.00657. The third-order valence-electron chi connectivity index (χ3n) is 4.05. The molecular formula is C17H20N4O3. The smallest absolute Gasteiger partial charge is 0.321 e. The fraction of sp³-hybridized carbons (Fsp3) is 0.353. The zero-order valence-corrected chi connectivity index (χ0v) is 13.8. The topological polar surface area (TPSA) is 78.7 Å². The molecule has 1 aliphatic heterocycles. The van der Waals surface area contributed by atoms with Gasteiger partial charge in [0.05, 0.1) is 0 Å². The minimum atomic E-state index is -0.137. The van der Waals surface area contributed by atoms with Gasteiger partial charge in [-0.15, -0.1) is 0 Å². The Balaban J connectivity index is 1.54. The Morgan fingerprint density at radius 3 is 2.33 bits per heavy atom. The van der Waals surface area contributed by atoms with Crippen LogP contribution in [0, 0.1) is 6.92 Å². The lowest BCUT2D eigenvalue weighted by molar-refractivity contribution is 0.101. The lowest BCUT2D eigenvalue weighted by Gasteiger charge is -2.34. The van der Waals surface area contributed by atoms with Gasteiger partial charge in [0.2, 0.25) is 0 Å². The van der Waals surface area contributed by atoms with Crippen LogP contribution in [-0.2, 0) is 0 Å². The first-order valence-corrected chi connectivity index (χ1v) is 7.88. The molecule has 0 unspecified atom stereocenters. The first kappa shape index (κ1) is 16.0. The summed E-state index contributed by atoms with van der Waals surface area (Å²) in [6, 6.07) is 8.66. The summed E-state index contributed by atoms with van der Waals surface area (Å²) in [6.07, 6.45) is 0. The number of benzene rings is 1. The number of piperazine rings is 1. The second kappa shape index (κ2) is 6.74. The van der Waals surface area contributed by atoms with Crippen molar-refractivity contribution in [1.82, 2.24) is 10.1 Å². The number of aryl methyl sites for hydroxylation is 1. The van der Waals surface area contributed by atoms with E-state index in [0.29, 0.717) is 37.4 Å². The molecule has 0 atom stereocenters. The van der Waals surface area contributed by atoms with Crippen LogP contribution in [0.1, 0.15) is 23.0 Å². The van der Waals surface area contributed by atoms with Gasteiger partial charge >= 0.3 is 6.03 Å². The number of rotatable bonds is 3. The molecule has 0 spiro atoms. The van der Waals surface area contributed by atoms with E-state index in [0.717, 1.165) is 11.6 Å². The van der Waals surface area contributed by atoms with Crippen LogP contribution in [0.5, 0.6) is 0 Å². The van der Waals surface area contributed by atoms with Crippen LogP contribution < -0.4 is 10.2 Å². The van der Waals surface area contributed by atoms with Crippen molar-refractivity contribution in [2.24, 2.45) is 0 Å². The van der Waals surface area contributed by atoms with E-state index >= 15 is 0 Å². The average molecular weight is 328 g/mol. The van der Waals surface area contributed by atoms with Gasteiger partial charge in [0.15, 0.2) is 11.6 Å². The van der Waals surface area contributed by atoms with Gasteiger partial charge in [0.25, 0.3) is 0 Å². The van der Waals surface area contributed by atoms with Gasteiger partial charge < -0.3 is 19.6 Å². The summed E-state index contributed by atoms with van der Waals surface area (Å²) < 4.78 is 5.09. The number of urea groups is 1. The highest BCUT2D eigenvalue weighted by atomic mass is 16.5. The summed E-state index contributed by atoms with van der Waals surface area (Å²) in [5.41, 5.74) is 1.31. The van der Waals surface area contributed by atoms with Gasteiger partial charge in [0, 0.05) is 43.5 Å². The number of hydrogen-bond donors (Lipinski definition) is 1. The van der Waals surface area contributed by atoms with Gasteiger partial charge in [-0.25, -0.2) is 4.79 Å². The number of nitrogens with zero attached hydrogens (tertiary/aromatic N) is 3. The number of amides is 2. The molecule has 0 saturated carbocycles. The molecule has 1 aromatic carbocycles. The average Bonchev–Trinajstić information content (AvgIpc) is 3.02. The predicted octanol–water partition coefficient (Wildman–Crippen LogP) is 2.54. The number of carbonyl (C=O) groups excluding carboxylic acids is 2. The predicted molar refractivity (Wildman–Crippen MR) is 90.5 cm³/mol. The molecule has 3 rings (SSSR count).